The number of esters is 1. The van der Waals surface area contributed by atoms with E-state index in [9.17, 15) is 22.8 Å². The Hall–Kier alpha value is -2.68. The molecular weight excluding hydrogens is 372 g/mol. The molecule has 2 rings (SSSR count). The van der Waals surface area contributed by atoms with Crippen LogP contribution in [0.3, 0.4) is 0 Å². The minimum absolute atomic E-state index is 0.0264. The minimum atomic E-state index is -3.13. The number of amides is 2. The fraction of sp³-hybridized carbons (Fsp3) is 0.389. The molecule has 0 aliphatic carbocycles. The maximum absolute atomic E-state index is 12.4. The lowest BCUT2D eigenvalue weighted by atomic mass is 10.2. The van der Waals surface area contributed by atoms with Gasteiger partial charge in [0.2, 0.25) is 5.91 Å². The van der Waals surface area contributed by atoms with E-state index in [1.807, 2.05) is 6.07 Å². The van der Waals surface area contributed by atoms with Crippen LogP contribution >= 0.6 is 0 Å². The number of hydrogen-bond donors (Lipinski definition) is 2. The number of carbonyl (C=O) groups is 3. The van der Waals surface area contributed by atoms with Gasteiger partial charge in [-0.1, -0.05) is 30.3 Å². The molecule has 27 heavy (non-hydrogen) atoms. The van der Waals surface area contributed by atoms with Gasteiger partial charge < -0.3 is 15.4 Å². The van der Waals surface area contributed by atoms with E-state index in [1.165, 1.54) is 19.9 Å². The number of hydrogen-bond acceptors (Lipinski definition) is 6. The van der Waals surface area contributed by atoms with Crippen molar-refractivity contribution in [2.45, 2.75) is 32.4 Å². The molecule has 1 heterocycles. The average molecular weight is 394 g/mol. The van der Waals surface area contributed by atoms with Crippen LogP contribution < -0.4 is 10.6 Å². The Morgan fingerprint density at radius 2 is 1.89 bits per heavy atom. The van der Waals surface area contributed by atoms with Gasteiger partial charge in [-0.25, -0.2) is 13.2 Å². The molecule has 0 radical (unpaired) electrons. The summed E-state index contributed by atoms with van der Waals surface area (Å²) in [5, 5.41) is 4.96. The predicted octanol–water partition coefficient (Wildman–Crippen LogP) is 0.399. The fourth-order valence-corrected chi connectivity index (χ4v) is 4.23. The molecule has 146 valence electrons. The van der Waals surface area contributed by atoms with Crippen LogP contribution in [0, 0.1) is 0 Å². The summed E-state index contributed by atoms with van der Waals surface area (Å²) in [6.07, 6.45) is 0.631. The molecular formula is C18H22N2O6S. The number of benzene rings is 1. The molecule has 9 heteroatoms. The Balaban J connectivity index is 2.02. The van der Waals surface area contributed by atoms with Gasteiger partial charge in [-0.15, -0.1) is 0 Å². The van der Waals surface area contributed by atoms with Crippen molar-refractivity contribution in [3.05, 3.63) is 41.6 Å². The van der Waals surface area contributed by atoms with Crippen LogP contribution in [0.5, 0.6) is 0 Å². The van der Waals surface area contributed by atoms with Gasteiger partial charge in [-0.05, 0) is 25.0 Å². The first-order valence-corrected chi connectivity index (χ1v) is 10.2. The zero-order valence-electron chi connectivity index (χ0n) is 15.1. The van der Waals surface area contributed by atoms with E-state index in [0.717, 1.165) is 0 Å². The van der Waals surface area contributed by atoms with Crippen molar-refractivity contribution in [1.29, 1.82) is 0 Å². The van der Waals surface area contributed by atoms with Crippen molar-refractivity contribution in [2.24, 2.45) is 0 Å². The molecule has 2 N–H and O–H groups in total. The molecule has 0 bridgehead atoms. The maximum Gasteiger partial charge on any atom is 0.355 e. The van der Waals surface area contributed by atoms with E-state index < -0.39 is 39.8 Å². The molecule has 1 aromatic carbocycles. The first-order valence-electron chi connectivity index (χ1n) is 8.42. The summed E-state index contributed by atoms with van der Waals surface area (Å²) in [7, 11) is -3.13. The quantitative estimate of drug-likeness (QED) is 0.532. The monoisotopic (exact) mass is 394 g/mol. The summed E-state index contributed by atoms with van der Waals surface area (Å²) in [5.41, 5.74) is 0.572. The van der Waals surface area contributed by atoms with Gasteiger partial charge >= 0.3 is 5.97 Å². The Bertz CT molecular complexity index is 848. The summed E-state index contributed by atoms with van der Waals surface area (Å²) in [5.74, 6) is -2.01. The highest BCUT2D eigenvalue weighted by molar-refractivity contribution is 7.91. The van der Waals surface area contributed by atoms with Crippen LogP contribution in [0.1, 0.15) is 25.8 Å². The molecule has 1 aliphatic heterocycles. The Kier molecular flexibility index (Phi) is 6.73. The summed E-state index contributed by atoms with van der Waals surface area (Å²) in [6.45, 7) is 2.63. The van der Waals surface area contributed by atoms with Gasteiger partial charge in [-0.2, -0.15) is 0 Å². The zero-order valence-corrected chi connectivity index (χ0v) is 15.9. The number of sulfone groups is 1. The van der Waals surface area contributed by atoms with E-state index in [1.54, 1.807) is 24.3 Å². The second-order valence-electron chi connectivity index (χ2n) is 6.31. The van der Waals surface area contributed by atoms with Crippen LogP contribution in [0.25, 0.3) is 6.08 Å². The highest BCUT2D eigenvalue weighted by Gasteiger charge is 2.31. The van der Waals surface area contributed by atoms with E-state index in [2.05, 4.69) is 10.6 Å². The molecule has 0 aromatic heterocycles. The highest BCUT2D eigenvalue weighted by Crippen LogP contribution is 2.12. The van der Waals surface area contributed by atoms with Crippen molar-refractivity contribution in [3.63, 3.8) is 0 Å². The largest absolute Gasteiger partial charge is 0.448 e. The van der Waals surface area contributed by atoms with Gasteiger partial charge in [0, 0.05) is 13.0 Å². The third kappa shape index (κ3) is 6.52. The molecule has 0 saturated carbocycles. The Morgan fingerprint density at radius 1 is 1.22 bits per heavy atom. The summed E-state index contributed by atoms with van der Waals surface area (Å²) in [4.78, 5) is 35.9. The van der Waals surface area contributed by atoms with Gasteiger partial charge in [-0.3, -0.25) is 9.59 Å². The van der Waals surface area contributed by atoms with Gasteiger partial charge in [0.15, 0.2) is 15.9 Å². The summed E-state index contributed by atoms with van der Waals surface area (Å²) < 4.78 is 28.0. The van der Waals surface area contributed by atoms with Crippen molar-refractivity contribution in [1.82, 2.24) is 10.6 Å². The van der Waals surface area contributed by atoms with Crippen LogP contribution in [0.4, 0.5) is 0 Å². The molecule has 0 spiro atoms. The Labute approximate surface area is 157 Å². The van der Waals surface area contributed by atoms with E-state index in [4.69, 9.17) is 4.74 Å². The van der Waals surface area contributed by atoms with Crippen LogP contribution in [0.2, 0.25) is 0 Å². The first kappa shape index (κ1) is 20.6. The lowest BCUT2D eigenvalue weighted by molar-refractivity contribution is -0.152. The third-order valence-electron chi connectivity index (χ3n) is 3.87. The van der Waals surface area contributed by atoms with Crippen LogP contribution in [-0.4, -0.2) is 49.9 Å². The lowest BCUT2D eigenvalue weighted by Crippen LogP contribution is -2.43. The standard InChI is InChI=1S/C18H22N2O6S/c1-12(17(22)20-15-8-9-27(24,25)11-15)26-18(23)16(19-13(2)21)10-14-6-4-3-5-7-14/h3-7,10,12,15H,8-9,11H2,1-2H3,(H,19,21)(H,20,22)/b16-10-/t12-,15-/m1/s1. The number of rotatable bonds is 6. The Morgan fingerprint density at radius 3 is 2.44 bits per heavy atom. The zero-order chi connectivity index (χ0) is 20.0. The van der Waals surface area contributed by atoms with Crippen molar-refractivity contribution in [2.75, 3.05) is 11.5 Å². The van der Waals surface area contributed by atoms with E-state index in [-0.39, 0.29) is 17.2 Å². The normalized spacial score (nSPS) is 19.8. The van der Waals surface area contributed by atoms with Crippen molar-refractivity contribution in [3.8, 4) is 0 Å². The van der Waals surface area contributed by atoms with Gasteiger partial charge in [0.1, 0.15) is 5.70 Å². The van der Waals surface area contributed by atoms with Crippen LogP contribution in [0.15, 0.2) is 36.0 Å². The number of ether oxygens (including phenoxy) is 1. The molecule has 1 aromatic rings. The van der Waals surface area contributed by atoms with E-state index in [0.29, 0.717) is 12.0 Å². The van der Waals surface area contributed by atoms with Gasteiger partial charge in [0.05, 0.1) is 11.5 Å². The predicted molar refractivity (Wildman–Crippen MR) is 99.0 cm³/mol. The fourth-order valence-electron chi connectivity index (χ4n) is 2.56. The third-order valence-corrected chi connectivity index (χ3v) is 5.64. The maximum atomic E-state index is 12.4. The second-order valence-corrected chi connectivity index (χ2v) is 8.53. The topological polar surface area (TPSA) is 119 Å². The molecule has 1 saturated heterocycles. The average Bonchev–Trinajstić information content (AvgIpc) is 2.93. The number of carbonyl (C=O) groups excluding carboxylic acids is 3. The van der Waals surface area contributed by atoms with Crippen molar-refractivity contribution >= 4 is 33.7 Å². The second kappa shape index (κ2) is 8.81. The lowest BCUT2D eigenvalue weighted by Gasteiger charge is -2.17. The van der Waals surface area contributed by atoms with E-state index >= 15 is 0 Å². The molecule has 2 amide bonds. The minimum Gasteiger partial charge on any atom is -0.448 e. The molecule has 2 atom stereocenters. The SMILES string of the molecule is CC(=O)N/C(=C\c1ccccc1)C(=O)O[C@H](C)C(=O)N[C@@H]1CCS(=O)(=O)C1. The van der Waals surface area contributed by atoms with Gasteiger partial charge in [0.25, 0.3) is 5.91 Å². The molecule has 0 unspecified atom stereocenters. The first-order chi connectivity index (χ1) is 12.7. The summed E-state index contributed by atoms with van der Waals surface area (Å²) >= 11 is 0. The van der Waals surface area contributed by atoms with Crippen LogP contribution in [-0.2, 0) is 29.0 Å². The molecule has 8 nitrogen and oxygen atoms in total. The molecule has 1 fully saturated rings. The number of nitrogens with one attached hydrogen (secondary N) is 2. The van der Waals surface area contributed by atoms with Crippen molar-refractivity contribution < 1.29 is 27.5 Å². The molecule has 1 aliphatic rings. The summed E-state index contributed by atoms with van der Waals surface area (Å²) in [6, 6.07) is 8.35. The smallest absolute Gasteiger partial charge is 0.355 e. The highest BCUT2D eigenvalue weighted by atomic mass is 32.2.